The average molecular weight is 216 g/mol. The van der Waals surface area contributed by atoms with Gasteiger partial charge in [0.05, 0.1) is 15.7 Å². The second-order valence-corrected chi connectivity index (χ2v) is 4.08. The Morgan fingerprint density at radius 3 is 3.27 bits per heavy atom. The number of hydrogen-bond donors (Lipinski definition) is 1. The second kappa shape index (κ2) is 4.92. The van der Waals surface area contributed by atoms with Crippen LogP contribution in [0.1, 0.15) is 12.0 Å². The van der Waals surface area contributed by atoms with Gasteiger partial charge in [-0.3, -0.25) is 0 Å². The quantitative estimate of drug-likeness (QED) is 0.615. The van der Waals surface area contributed by atoms with E-state index in [0.29, 0.717) is 0 Å². The zero-order chi connectivity index (χ0) is 10.5. The van der Waals surface area contributed by atoms with Gasteiger partial charge in [0.2, 0.25) is 0 Å². The summed E-state index contributed by atoms with van der Waals surface area (Å²) >= 11 is 1.65. The van der Waals surface area contributed by atoms with Gasteiger partial charge in [-0.1, -0.05) is 11.8 Å². The Bertz CT molecular complexity index is 505. The number of hydrogen-bond acceptors (Lipinski definition) is 3. The molecule has 2 rings (SSSR count). The number of thiazole rings is 1. The summed E-state index contributed by atoms with van der Waals surface area (Å²) in [7, 11) is 1.94. The van der Waals surface area contributed by atoms with E-state index in [1.165, 1.54) is 4.70 Å². The summed E-state index contributed by atoms with van der Waals surface area (Å²) in [6, 6.07) is 6.14. The van der Waals surface area contributed by atoms with Crippen LogP contribution < -0.4 is 5.32 Å². The fraction of sp³-hybridized carbons (Fsp3) is 0.250. The molecule has 0 aliphatic carbocycles. The van der Waals surface area contributed by atoms with Gasteiger partial charge in [-0.15, -0.1) is 11.3 Å². The molecule has 2 nitrogen and oxygen atoms in total. The van der Waals surface area contributed by atoms with E-state index < -0.39 is 0 Å². The number of fused-ring (bicyclic) bond motifs is 1. The third-order valence-corrected chi connectivity index (χ3v) is 2.86. The Labute approximate surface area is 93.3 Å². The smallest absolute Gasteiger partial charge is 0.0812 e. The molecule has 0 radical (unpaired) electrons. The lowest BCUT2D eigenvalue weighted by Gasteiger charge is -1.91. The molecular formula is C12H12N2S. The lowest BCUT2D eigenvalue weighted by Crippen LogP contribution is -2.05. The molecule has 0 spiro atoms. The van der Waals surface area contributed by atoms with Gasteiger partial charge in [0.25, 0.3) is 0 Å². The molecule has 3 heteroatoms. The third-order valence-electron chi connectivity index (χ3n) is 2.06. The molecule has 1 aromatic heterocycles. The van der Waals surface area contributed by atoms with Crippen molar-refractivity contribution < 1.29 is 0 Å². The Balaban J connectivity index is 2.16. The largest absolute Gasteiger partial charge is 0.319 e. The van der Waals surface area contributed by atoms with Gasteiger partial charge in [0.1, 0.15) is 0 Å². The van der Waals surface area contributed by atoms with Crippen LogP contribution in [0, 0.1) is 11.8 Å². The molecule has 0 bridgehead atoms. The summed E-state index contributed by atoms with van der Waals surface area (Å²) in [5, 5.41) is 3.07. The summed E-state index contributed by atoms with van der Waals surface area (Å²) in [5.41, 5.74) is 3.99. The zero-order valence-electron chi connectivity index (χ0n) is 8.58. The van der Waals surface area contributed by atoms with Crippen molar-refractivity contribution in [2.24, 2.45) is 0 Å². The molecule has 15 heavy (non-hydrogen) atoms. The lowest BCUT2D eigenvalue weighted by molar-refractivity contribution is 0.818. The Hall–Kier alpha value is -1.37. The van der Waals surface area contributed by atoms with Gasteiger partial charge in [0.15, 0.2) is 0 Å². The van der Waals surface area contributed by atoms with Gasteiger partial charge in [-0.25, -0.2) is 4.98 Å². The first-order chi connectivity index (χ1) is 7.40. The minimum absolute atomic E-state index is 0.886. The van der Waals surface area contributed by atoms with Gasteiger partial charge >= 0.3 is 0 Å². The highest BCUT2D eigenvalue weighted by Gasteiger charge is 1.95. The molecule has 1 heterocycles. The predicted octanol–water partition coefficient (Wildman–Crippen LogP) is 2.26. The van der Waals surface area contributed by atoms with Crippen molar-refractivity contribution in [2.45, 2.75) is 6.42 Å². The van der Waals surface area contributed by atoms with Crippen LogP contribution in [0.2, 0.25) is 0 Å². The fourth-order valence-electron chi connectivity index (χ4n) is 1.28. The highest BCUT2D eigenvalue weighted by atomic mass is 32.1. The van der Waals surface area contributed by atoms with Crippen molar-refractivity contribution in [3.05, 3.63) is 29.3 Å². The van der Waals surface area contributed by atoms with Gasteiger partial charge in [0, 0.05) is 18.5 Å². The van der Waals surface area contributed by atoms with Gasteiger partial charge in [-0.05, 0) is 25.2 Å². The number of nitrogens with zero attached hydrogens (tertiary/aromatic N) is 1. The number of benzene rings is 1. The van der Waals surface area contributed by atoms with Crippen molar-refractivity contribution in [3.8, 4) is 11.8 Å². The van der Waals surface area contributed by atoms with Crippen LogP contribution in [-0.4, -0.2) is 18.6 Å². The summed E-state index contributed by atoms with van der Waals surface area (Å²) in [6.07, 6.45) is 0.886. The monoisotopic (exact) mass is 216 g/mol. The van der Waals surface area contributed by atoms with E-state index in [-0.39, 0.29) is 0 Å². The molecule has 0 fully saturated rings. The van der Waals surface area contributed by atoms with Crippen molar-refractivity contribution in [2.75, 3.05) is 13.6 Å². The van der Waals surface area contributed by atoms with Crippen molar-refractivity contribution in [3.63, 3.8) is 0 Å². The Morgan fingerprint density at radius 2 is 2.40 bits per heavy atom. The number of nitrogens with one attached hydrogen (secondary N) is 1. The molecule has 2 aromatic rings. The highest BCUT2D eigenvalue weighted by Crippen LogP contribution is 2.18. The molecule has 0 unspecified atom stereocenters. The first kappa shape index (κ1) is 10.2. The van der Waals surface area contributed by atoms with E-state index in [9.17, 15) is 0 Å². The van der Waals surface area contributed by atoms with Gasteiger partial charge < -0.3 is 5.32 Å². The molecule has 0 atom stereocenters. The van der Waals surface area contributed by atoms with Gasteiger partial charge in [-0.2, -0.15) is 0 Å². The average Bonchev–Trinajstić information content (AvgIpc) is 2.71. The fourth-order valence-corrected chi connectivity index (χ4v) is 2.00. The highest BCUT2D eigenvalue weighted by molar-refractivity contribution is 7.16. The molecule has 0 amide bonds. The predicted molar refractivity (Wildman–Crippen MR) is 65.0 cm³/mol. The Morgan fingerprint density at radius 1 is 1.47 bits per heavy atom. The second-order valence-electron chi connectivity index (χ2n) is 3.19. The van der Waals surface area contributed by atoms with E-state index >= 15 is 0 Å². The van der Waals surface area contributed by atoms with E-state index in [1.54, 1.807) is 11.3 Å². The standard InChI is InChI=1S/C12H12N2S/c1-13-7-3-2-4-10-5-6-11-12(8-10)15-9-14-11/h5-6,8-9,13H,3,7H2,1H3. The first-order valence-corrected chi connectivity index (χ1v) is 5.75. The van der Waals surface area contributed by atoms with Crippen LogP contribution in [0.3, 0.4) is 0 Å². The molecule has 0 aliphatic heterocycles. The summed E-state index contributed by atoms with van der Waals surface area (Å²) in [5.74, 6) is 6.28. The molecule has 0 saturated carbocycles. The molecule has 76 valence electrons. The Kier molecular flexibility index (Phi) is 3.33. The minimum atomic E-state index is 0.886. The van der Waals surface area contributed by atoms with Crippen LogP contribution in [0.5, 0.6) is 0 Å². The van der Waals surface area contributed by atoms with E-state index in [0.717, 1.165) is 24.0 Å². The SMILES string of the molecule is CNCCC#Cc1ccc2ncsc2c1. The minimum Gasteiger partial charge on any atom is -0.319 e. The number of rotatable bonds is 2. The normalized spacial score (nSPS) is 9.93. The third kappa shape index (κ3) is 2.56. The topological polar surface area (TPSA) is 24.9 Å². The van der Waals surface area contributed by atoms with E-state index in [1.807, 2.05) is 24.7 Å². The molecule has 1 aromatic carbocycles. The van der Waals surface area contributed by atoms with Crippen molar-refractivity contribution >= 4 is 21.6 Å². The molecule has 0 saturated heterocycles. The first-order valence-electron chi connectivity index (χ1n) is 4.87. The number of aromatic nitrogens is 1. The maximum absolute atomic E-state index is 4.23. The molecule has 0 aliphatic rings. The van der Waals surface area contributed by atoms with E-state index in [2.05, 4.69) is 28.2 Å². The van der Waals surface area contributed by atoms with Crippen molar-refractivity contribution in [1.29, 1.82) is 0 Å². The summed E-state index contributed by atoms with van der Waals surface area (Å²) in [6.45, 7) is 0.940. The zero-order valence-corrected chi connectivity index (χ0v) is 9.40. The molecular weight excluding hydrogens is 204 g/mol. The van der Waals surface area contributed by atoms with Crippen LogP contribution in [0.4, 0.5) is 0 Å². The van der Waals surface area contributed by atoms with Crippen LogP contribution in [0.15, 0.2) is 23.7 Å². The maximum Gasteiger partial charge on any atom is 0.0812 e. The van der Waals surface area contributed by atoms with Crippen LogP contribution in [-0.2, 0) is 0 Å². The van der Waals surface area contributed by atoms with Crippen LogP contribution in [0.25, 0.3) is 10.2 Å². The summed E-state index contributed by atoms with van der Waals surface area (Å²) in [4.78, 5) is 4.23. The lowest BCUT2D eigenvalue weighted by atomic mass is 10.2. The van der Waals surface area contributed by atoms with Crippen LogP contribution >= 0.6 is 11.3 Å². The summed E-state index contributed by atoms with van der Waals surface area (Å²) < 4.78 is 1.20. The maximum atomic E-state index is 4.23. The van der Waals surface area contributed by atoms with Crippen molar-refractivity contribution in [1.82, 2.24) is 10.3 Å². The van der Waals surface area contributed by atoms with E-state index in [4.69, 9.17) is 0 Å². The molecule has 1 N–H and O–H groups in total.